The van der Waals surface area contributed by atoms with E-state index >= 15 is 0 Å². The van der Waals surface area contributed by atoms with Crippen LogP contribution in [0.1, 0.15) is 52.8 Å². The van der Waals surface area contributed by atoms with Gasteiger partial charge in [-0.3, -0.25) is 0 Å². The number of fused-ring (bicyclic) bond motifs is 1. The summed E-state index contributed by atoms with van der Waals surface area (Å²) in [6.45, 7) is 13.4. The number of H-pyrrole nitrogens is 1. The van der Waals surface area contributed by atoms with E-state index in [4.69, 9.17) is 4.98 Å². The summed E-state index contributed by atoms with van der Waals surface area (Å²) >= 11 is 0. The lowest BCUT2D eigenvalue weighted by molar-refractivity contribution is 0.557. The van der Waals surface area contributed by atoms with E-state index in [1.165, 1.54) is 10.9 Å². The van der Waals surface area contributed by atoms with Gasteiger partial charge in [0.05, 0.1) is 0 Å². The monoisotopic (exact) mass is 230 g/mol. The van der Waals surface area contributed by atoms with E-state index in [9.17, 15) is 0 Å². The van der Waals surface area contributed by atoms with Gasteiger partial charge in [0.1, 0.15) is 5.65 Å². The molecular weight excluding hydrogens is 208 g/mol. The maximum Gasteiger partial charge on any atom is 0.137 e. The summed E-state index contributed by atoms with van der Waals surface area (Å²) in [4.78, 5) is 7.96. The molecule has 0 saturated carbocycles. The van der Waals surface area contributed by atoms with E-state index in [1.54, 1.807) is 0 Å². The van der Waals surface area contributed by atoms with Gasteiger partial charge in [-0.1, -0.05) is 41.5 Å². The fourth-order valence-electron chi connectivity index (χ4n) is 2.04. The van der Waals surface area contributed by atoms with E-state index < -0.39 is 0 Å². The van der Waals surface area contributed by atoms with Gasteiger partial charge in [0.15, 0.2) is 0 Å². The van der Waals surface area contributed by atoms with Crippen molar-refractivity contribution >= 4 is 11.0 Å². The largest absolute Gasteiger partial charge is 0.346 e. The van der Waals surface area contributed by atoms with E-state index in [0.717, 1.165) is 11.3 Å². The molecule has 0 aromatic carbocycles. The SMILES string of the molecule is CC(C)(C)c1cc(C(C)(C)C)c2cc[nH]c2n1. The maximum atomic E-state index is 4.73. The summed E-state index contributed by atoms with van der Waals surface area (Å²) in [6.07, 6.45) is 1.97. The van der Waals surface area contributed by atoms with Crippen molar-refractivity contribution in [2.75, 3.05) is 0 Å². The van der Waals surface area contributed by atoms with Gasteiger partial charge >= 0.3 is 0 Å². The number of aromatic nitrogens is 2. The molecular formula is C15H22N2. The standard InChI is InChI=1S/C15H22N2/c1-14(2,3)11-9-12(15(4,5)6)17-13-10(11)7-8-16-13/h7-9H,1-6H3,(H,16,17). The number of nitrogens with one attached hydrogen (secondary N) is 1. The summed E-state index contributed by atoms with van der Waals surface area (Å²) in [7, 11) is 0. The van der Waals surface area contributed by atoms with Crippen molar-refractivity contribution in [3.63, 3.8) is 0 Å². The van der Waals surface area contributed by atoms with Gasteiger partial charge in [-0.15, -0.1) is 0 Å². The highest BCUT2D eigenvalue weighted by atomic mass is 14.9. The van der Waals surface area contributed by atoms with E-state index in [0.29, 0.717) is 0 Å². The fourth-order valence-corrected chi connectivity index (χ4v) is 2.04. The maximum absolute atomic E-state index is 4.73. The lowest BCUT2D eigenvalue weighted by atomic mass is 9.82. The topological polar surface area (TPSA) is 28.7 Å². The van der Waals surface area contributed by atoms with Gasteiger partial charge in [0.2, 0.25) is 0 Å². The van der Waals surface area contributed by atoms with Crippen LogP contribution in [-0.2, 0) is 10.8 Å². The van der Waals surface area contributed by atoms with Crippen molar-refractivity contribution in [3.8, 4) is 0 Å². The minimum absolute atomic E-state index is 0.0826. The zero-order chi connectivity index (χ0) is 12.8. The minimum Gasteiger partial charge on any atom is -0.346 e. The van der Waals surface area contributed by atoms with Crippen molar-refractivity contribution < 1.29 is 0 Å². The number of aromatic amines is 1. The third kappa shape index (κ3) is 2.21. The van der Waals surface area contributed by atoms with Gasteiger partial charge in [0.25, 0.3) is 0 Å². The van der Waals surface area contributed by atoms with Crippen molar-refractivity contribution in [1.29, 1.82) is 0 Å². The molecule has 0 bridgehead atoms. The van der Waals surface area contributed by atoms with Crippen LogP contribution in [-0.4, -0.2) is 9.97 Å². The lowest BCUT2D eigenvalue weighted by Crippen LogP contribution is -2.18. The van der Waals surface area contributed by atoms with Crippen LogP contribution in [0.25, 0.3) is 11.0 Å². The van der Waals surface area contributed by atoms with Crippen LogP contribution in [0, 0.1) is 0 Å². The molecule has 0 unspecified atom stereocenters. The molecule has 2 nitrogen and oxygen atoms in total. The first kappa shape index (κ1) is 12.2. The van der Waals surface area contributed by atoms with Crippen molar-refractivity contribution in [2.24, 2.45) is 0 Å². The Morgan fingerprint density at radius 3 is 2.18 bits per heavy atom. The van der Waals surface area contributed by atoms with Gasteiger partial charge < -0.3 is 4.98 Å². The second-order valence-electron chi connectivity index (χ2n) is 6.80. The predicted octanol–water partition coefficient (Wildman–Crippen LogP) is 4.16. The molecule has 2 rings (SSSR count). The van der Waals surface area contributed by atoms with E-state index in [1.807, 2.05) is 6.20 Å². The molecule has 0 aliphatic heterocycles. The summed E-state index contributed by atoms with van der Waals surface area (Å²) in [6, 6.07) is 4.38. The Balaban J connectivity index is 2.76. The molecule has 0 atom stereocenters. The predicted molar refractivity (Wildman–Crippen MR) is 73.5 cm³/mol. The van der Waals surface area contributed by atoms with Crippen molar-refractivity contribution in [1.82, 2.24) is 9.97 Å². The second-order valence-corrected chi connectivity index (χ2v) is 6.80. The average Bonchev–Trinajstić information content (AvgIpc) is 2.59. The Bertz CT molecular complexity index is 536. The Kier molecular flexibility index (Phi) is 2.57. The summed E-state index contributed by atoms with van der Waals surface area (Å²) < 4.78 is 0. The zero-order valence-electron chi connectivity index (χ0n) is 11.7. The molecule has 0 spiro atoms. The fraction of sp³-hybridized carbons (Fsp3) is 0.533. The first-order valence-electron chi connectivity index (χ1n) is 6.19. The van der Waals surface area contributed by atoms with Gasteiger partial charge in [-0.25, -0.2) is 4.98 Å². The molecule has 0 fully saturated rings. The Morgan fingerprint density at radius 1 is 1.00 bits per heavy atom. The normalized spacial score (nSPS) is 13.3. The Hall–Kier alpha value is -1.31. The van der Waals surface area contributed by atoms with Crippen LogP contribution < -0.4 is 0 Å². The molecule has 2 aromatic rings. The zero-order valence-corrected chi connectivity index (χ0v) is 11.7. The van der Waals surface area contributed by atoms with Crippen LogP contribution in [0.5, 0.6) is 0 Å². The highest BCUT2D eigenvalue weighted by molar-refractivity contribution is 5.81. The van der Waals surface area contributed by atoms with Gasteiger partial charge in [-0.2, -0.15) is 0 Å². The third-order valence-electron chi connectivity index (χ3n) is 3.11. The highest BCUT2D eigenvalue weighted by Crippen LogP contribution is 2.32. The van der Waals surface area contributed by atoms with Crippen molar-refractivity contribution in [3.05, 3.63) is 29.6 Å². The Labute approximate surface area is 103 Å². The molecule has 17 heavy (non-hydrogen) atoms. The molecule has 2 heterocycles. The Morgan fingerprint density at radius 2 is 1.65 bits per heavy atom. The van der Waals surface area contributed by atoms with E-state index in [-0.39, 0.29) is 10.8 Å². The molecule has 0 radical (unpaired) electrons. The number of hydrogen-bond donors (Lipinski definition) is 1. The van der Waals surface area contributed by atoms with Gasteiger partial charge in [-0.05, 0) is 23.1 Å². The molecule has 0 aliphatic rings. The first-order chi connectivity index (χ1) is 7.69. The number of pyridine rings is 1. The smallest absolute Gasteiger partial charge is 0.137 e. The van der Waals surface area contributed by atoms with Crippen LogP contribution in [0.3, 0.4) is 0 Å². The number of nitrogens with zero attached hydrogens (tertiary/aromatic N) is 1. The van der Waals surface area contributed by atoms with Crippen LogP contribution in [0.2, 0.25) is 0 Å². The number of hydrogen-bond acceptors (Lipinski definition) is 1. The lowest BCUT2D eigenvalue weighted by Gasteiger charge is -2.24. The van der Waals surface area contributed by atoms with Crippen LogP contribution in [0.15, 0.2) is 18.3 Å². The molecule has 0 aliphatic carbocycles. The highest BCUT2D eigenvalue weighted by Gasteiger charge is 2.23. The molecule has 2 heteroatoms. The molecule has 0 saturated heterocycles. The quantitative estimate of drug-likeness (QED) is 0.723. The minimum atomic E-state index is 0.0826. The van der Waals surface area contributed by atoms with Gasteiger partial charge in [0, 0.05) is 22.7 Å². The average molecular weight is 230 g/mol. The van der Waals surface area contributed by atoms with Crippen LogP contribution in [0.4, 0.5) is 0 Å². The summed E-state index contributed by atoms with van der Waals surface area (Å²) in [5, 5.41) is 1.24. The number of rotatable bonds is 0. The molecule has 2 aromatic heterocycles. The van der Waals surface area contributed by atoms with Crippen molar-refractivity contribution in [2.45, 2.75) is 52.4 Å². The molecule has 0 amide bonds. The molecule has 92 valence electrons. The third-order valence-corrected chi connectivity index (χ3v) is 3.11. The molecule has 1 N–H and O–H groups in total. The summed E-state index contributed by atoms with van der Waals surface area (Å²) in [5.74, 6) is 0. The first-order valence-corrected chi connectivity index (χ1v) is 6.19. The van der Waals surface area contributed by atoms with Crippen LogP contribution >= 0.6 is 0 Å². The van der Waals surface area contributed by atoms with E-state index in [2.05, 4.69) is 58.7 Å². The second kappa shape index (κ2) is 3.59. The summed E-state index contributed by atoms with van der Waals surface area (Å²) in [5.41, 5.74) is 3.75.